The van der Waals surface area contributed by atoms with Crippen LogP contribution in [0.15, 0.2) is 24.3 Å². The van der Waals surface area contributed by atoms with Gasteiger partial charge in [-0.15, -0.1) is 0 Å². The maximum Gasteiger partial charge on any atom is 0.0646 e. The first-order valence-electron chi connectivity index (χ1n) is 5.00. The van der Waals surface area contributed by atoms with Gasteiger partial charge in [-0.1, -0.05) is 24.3 Å². The summed E-state index contributed by atoms with van der Waals surface area (Å²) in [6.45, 7) is 2.30. The van der Waals surface area contributed by atoms with Crippen LogP contribution in [0.3, 0.4) is 0 Å². The zero-order chi connectivity index (χ0) is 10.4. The third-order valence-electron chi connectivity index (χ3n) is 2.94. The van der Waals surface area contributed by atoms with Gasteiger partial charge in [0.1, 0.15) is 0 Å². The molecule has 1 aliphatic rings. The molecule has 0 amide bonds. The molecule has 0 saturated carbocycles. The molecule has 3 rings (SSSR count). The fourth-order valence-corrected chi connectivity index (χ4v) is 2.10. The van der Waals surface area contributed by atoms with Crippen LogP contribution < -0.4 is 10.6 Å². The van der Waals surface area contributed by atoms with Crippen LogP contribution in [0.1, 0.15) is 6.92 Å². The number of para-hydroxylation sites is 1. The Balaban J connectivity index is 2.57. The normalized spacial score (nSPS) is 15.3. The molecule has 15 heavy (non-hydrogen) atoms. The first kappa shape index (κ1) is 8.56. The zero-order valence-electron chi connectivity index (χ0n) is 8.45. The Bertz CT molecular complexity index is 639. The number of H-pyrrole nitrogens is 1. The molecule has 0 saturated heterocycles. The molecule has 76 valence electrons. The van der Waals surface area contributed by atoms with E-state index in [4.69, 9.17) is 0 Å². The fraction of sp³-hybridized carbons (Fsp3) is 0.167. The lowest BCUT2D eigenvalue weighted by Gasteiger charge is -2.31. The molecule has 0 radical (unpaired) electrons. The average molecular weight is 199 g/mol. The van der Waals surface area contributed by atoms with Gasteiger partial charge in [-0.3, -0.25) is 0 Å². The number of benzene rings is 1. The SMILES string of the molecule is CC1=c2[nH]c3ccccc3c2=CCN1[O-]. The molecule has 0 unspecified atom stereocenters. The van der Waals surface area contributed by atoms with Crippen molar-refractivity contribution in [1.82, 2.24) is 10.0 Å². The van der Waals surface area contributed by atoms with Crippen LogP contribution in [0.5, 0.6) is 0 Å². The Hall–Kier alpha value is -1.74. The predicted octanol–water partition coefficient (Wildman–Crippen LogP) is 0.890. The van der Waals surface area contributed by atoms with Crippen LogP contribution in [-0.2, 0) is 0 Å². The van der Waals surface area contributed by atoms with Gasteiger partial charge in [-0.05, 0) is 13.0 Å². The standard InChI is InChI=1S/C12H11N2O/c1-8-12-10(6-7-14(8)15)9-4-2-3-5-11(9)13-12/h2-6,13H,7H2,1H3/q-1. The van der Waals surface area contributed by atoms with Gasteiger partial charge >= 0.3 is 0 Å². The highest BCUT2D eigenvalue weighted by Crippen LogP contribution is 2.08. The lowest BCUT2D eigenvalue weighted by Crippen LogP contribution is -2.36. The smallest absolute Gasteiger partial charge is 0.0646 e. The Morgan fingerprint density at radius 3 is 3.00 bits per heavy atom. The molecule has 1 N–H and O–H groups in total. The van der Waals surface area contributed by atoms with Gasteiger partial charge in [0.2, 0.25) is 0 Å². The number of hydrogen-bond donors (Lipinski definition) is 1. The minimum Gasteiger partial charge on any atom is -0.758 e. The van der Waals surface area contributed by atoms with Crippen molar-refractivity contribution >= 4 is 22.7 Å². The molecule has 1 aliphatic heterocycles. The van der Waals surface area contributed by atoms with Crippen LogP contribution in [0, 0.1) is 5.21 Å². The number of aromatic amines is 1. The molecule has 3 heteroatoms. The third-order valence-corrected chi connectivity index (χ3v) is 2.94. The van der Waals surface area contributed by atoms with Crippen molar-refractivity contribution in [1.29, 1.82) is 0 Å². The fourth-order valence-electron chi connectivity index (χ4n) is 2.10. The van der Waals surface area contributed by atoms with Crippen molar-refractivity contribution in [3.05, 3.63) is 40.0 Å². The molecule has 1 aromatic carbocycles. The molecule has 0 fully saturated rings. The quantitative estimate of drug-likeness (QED) is 0.684. The van der Waals surface area contributed by atoms with E-state index in [1.807, 2.05) is 31.2 Å². The lowest BCUT2D eigenvalue weighted by atomic mass is 10.2. The van der Waals surface area contributed by atoms with Crippen molar-refractivity contribution in [2.24, 2.45) is 0 Å². The summed E-state index contributed by atoms with van der Waals surface area (Å²) in [6.07, 6.45) is 1.98. The molecule has 2 aromatic rings. The van der Waals surface area contributed by atoms with E-state index in [0.717, 1.165) is 26.8 Å². The van der Waals surface area contributed by atoms with Crippen molar-refractivity contribution < 1.29 is 0 Å². The summed E-state index contributed by atoms with van der Waals surface area (Å²) in [4.78, 5) is 3.29. The second-order valence-corrected chi connectivity index (χ2v) is 3.81. The van der Waals surface area contributed by atoms with E-state index in [0.29, 0.717) is 6.54 Å². The van der Waals surface area contributed by atoms with Crippen molar-refractivity contribution in [3.63, 3.8) is 0 Å². The van der Waals surface area contributed by atoms with Crippen LogP contribution in [0.2, 0.25) is 0 Å². The monoisotopic (exact) mass is 199 g/mol. The number of hydrogen-bond acceptors (Lipinski definition) is 2. The van der Waals surface area contributed by atoms with Crippen LogP contribution in [0.4, 0.5) is 0 Å². The molecule has 2 heterocycles. The Labute approximate surface area is 86.9 Å². The van der Waals surface area contributed by atoms with Crippen LogP contribution in [-0.4, -0.2) is 16.6 Å². The number of nitrogens with zero attached hydrogens (tertiary/aromatic N) is 1. The van der Waals surface area contributed by atoms with Gasteiger partial charge in [-0.2, -0.15) is 0 Å². The number of fused-ring (bicyclic) bond motifs is 3. The van der Waals surface area contributed by atoms with Gasteiger partial charge in [0.15, 0.2) is 0 Å². The molecule has 3 nitrogen and oxygen atoms in total. The van der Waals surface area contributed by atoms with Crippen molar-refractivity contribution in [2.75, 3.05) is 6.54 Å². The van der Waals surface area contributed by atoms with E-state index < -0.39 is 0 Å². The minimum atomic E-state index is 0.445. The highest BCUT2D eigenvalue weighted by molar-refractivity contribution is 5.82. The van der Waals surface area contributed by atoms with E-state index in [9.17, 15) is 5.21 Å². The average Bonchev–Trinajstić information content (AvgIpc) is 2.63. The molecule has 0 spiro atoms. The van der Waals surface area contributed by atoms with Gasteiger partial charge < -0.3 is 15.3 Å². The number of rotatable bonds is 0. The topological polar surface area (TPSA) is 42.1 Å². The minimum absolute atomic E-state index is 0.445. The van der Waals surface area contributed by atoms with E-state index in [-0.39, 0.29) is 0 Å². The molecule has 0 bridgehead atoms. The molecule has 0 atom stereocenters. The first-order chi connectivity index (χ1) is 7.27. The third kappa shape index (κ3) is 1.10. The van der Waals surface area contributed by atoms with Gasteiger partial charge in [0.25, 0.3) is 0 Å². The number of aromatic nitrogens is 1. The Morgan fingerprint density at radius 1 is 1.33 bits per heavy atom. The van der Waals surface area contributed by atoms with Crippen molar-refractivity contribution in [3.8, 4) is 0 Å². The maximum absolute atomic E-state index is 11.5. The summed E-state index contributed by atoms with van der Waals surface area (Å²) < 4.78 is 0. The van der Waals surface area contributed by atoms with E-state index >= 15 is 0 Å². The summed E-state index contributed by atoms with van der Waals surface area (Å²) in [5.74, 6) is 0. The maximum atomic E-state index is 11.5. The summed E-state index contributed by atoms with van der Waals surface area (Å²) >= 11 is 0. The molecule has 0 aliphatic carbocycles. The molecule has 1 aromatic heterocycles. The molecular formula is C12H11N2O-. The Kier molecular flexibility index (Phi) is 1.64. The van der Waals surface area contributed by atoms with E-state index in [1.165, 1.54) is 5.39 Å². The number of hydroxylamine groups is 2. The van der Waals surface area contributed by atoms with E-state index in [1.54, 1.807) is 0 Å². The first-order valence-corrected chi connectivity index (χ1v) is 5.00. The second kappa shape index (κ2) is 2.87. The van der Waals surface area contributed by atoms with Crippen molar-refractivity contribution in [2.45, 2.75) is 6.92 Å². The van der Waals surface area contributed by atoms with Gasteiger partial charge in [0.05, 0.1) is 5.35 Å². The predicted molar refractivity (Wildman–Crippen MR) is 61.2 cm³/mol. The summed E-state index contributed by atoms with van der Waals surface area (Å²) in [6, 6.07) is 8.12. The summed E-state index contributed by atoms with van der Waals surface area (Å²) in [5, 5.41) is 15.8. The number of nitrogens with one attached hydrogen (secondary N) is 1. The van der Waals surface area contributed by atoms with Crippen LogP contribution >= 0.6 is 0 Å². The lowest BCUT2D eigenvalue weighted by molar-refractivity contribution is 0.592. The summed E-state index contributed by atoms with van der Waals surface area (Å²) in [7, 11) is 0. The highest BCUT2D eigenvalue weighted by Gasteiger charge is 2.06. The molecular weight excluding hydrogens is 188 g/mol. The van der Waals surface area contributed by atoms with Gasteiger partial charge in [-0.25, -0.2) is 0 Å². The summed E-state index contributed by atoms with van der Waals surface area (Å²) in [5.41, 5.74) is 1.86. The second-order valence-electron chi connectivity index (χ2n) is 3.81. The van der Waals surface area contributed by atoms with Crippen LogP contribution in [0.25, 0.3) is 22.7 Å². The Morgan fingerprint density at radius 2 is 2.13 bits per heavy atom. The van der Waals surface area contributed by atoms with E-state index in [2.05, 4.69) is 11.1 Å². The highest BCUT2D eigenvalue weighted by atomic mass is 16.5. The largest absolute Gasteiger partial charge is 0.758 e. The zero-order valence-corrected chi connectivity index (χ0v) is 8.45. The van der Waals surface area contributed by atoms with Gasteiger partial charge in [0, 0.05) is 28.4 Å².